The third kappa shape index (κ3) is 6.05. The van der Waals surface area contributed by atoms with Crippen LogP contribution in [0.25, 0.3) is 5.69 Å². The van der Waals surface area contributed by atoms with Crippen molar-refractivity contribution < 1.29 is 22.8 Å². The third-order valence-corrected chi connectivity index (χ3v) is 5.42. The number of nitrogens with zero attached hydrogens (tertiary/aromatic N) is 6. The van der Waals surface area contributed by atoms with E-state index in [1.54, 1.807) is 35.6 Å². The lowest BCUT2D eigenvalue weighted by Gasteiger charge is -2.34. The number of anilines is 2. The van der Waals surface area contributed by atoms with Gasteiger partial charge in [-0.15, -0.1) is 0 Å². The van der Waals surface area contributed by atoms with Crippen molar-refractivity contribution in [2.24, 2.45) is 0 Å². The second-order valence-electron chi connectivity index (χ2n) is 7.73. The summed E-state index contributed by atoms with van der Waals surface area (Å²) in [5, 5.41) is 8.97. The molecule has 1 fully saturated rings. The monoisotopic (exact) mass is 488 g/mol. The number of piperazine rings is 1. The number of halogens is 3. The first-order valence-electron chi connectivity index (χ1n) is 10.9. The molecule has 13 heteroatoms. The molecule has 10 nitrogen and oxygen atoms in total. The highest BCUT2D eigenvalue weighted by molar-refractivity contribution is 5.92. The third-order valence-electron chi connectivity index (χ3n) is 5.42. The van der Waals surface area contributed by atoms with Gasteiger partial charge in [0.25, 0.3) is 0 Å². The summed E-state index contributed by atoms with van der Waals surface area (Å²) in [6.07, 6.45) is 1.83. The number of carbonyl (C=O) groups excluding carboxylic acids is 2. The quantitative estimate of drug-likeness (QED) is 0.552. The van der Waals surface area contributed by atoms with Crippen LogP contribution in [-0.4, -0.2) is 69.3 Å². The van der Waals surface area contributed by atoms with Crippen LogP contribution in [0.3, 0.4) is 0 Å². The van der Waals surface area contributed by atoms with E-state index in [0.717, 1.165) is 12.1 Å². The summed E-state index contributed by atoms with van der Waals surface area (Å²) in [6.45, 7) is 2.22. The maximum absolute atomic E-state index is 13.2. The fraction of sp³-hybridized carbons (Fsp3) is 0.318. The van der Waals surface area contributed by atoms with Gasteiger partial charge in [0.1, 0.15) is 0 Å². The van der Waals surface area contributed by atoms with Crippen molar-refractivity contribution in [2.75, 3.05) is 42.9 Å². The summed E-state index contributed by atoms with van der Waals surface area (Å²) in [7, 11) is 0. The normalized spacial score (nSPS) is 14.0. The summed E-state index contributed by atoms with van der Waals surface area (Å²) in [5.74, 6) is 0.484. The van der Waals surface area contributed by atoms with Crippen LogP contribution in [0.4, 0.5) is 29.6 Å². The number of nitrogens with one attached hydrogen (secondary N) is 2. The largest absolute Gasteiger partial charge is 0.416 e. The number of alkyl halides is 3. The number of aromatic nitrogens is 4. The average molecular weight is 488 g/mol. The summed E-state index contributed by atoms with van der Waals surface area (Å²) in [4.78, 5) is 37.0. The average Bonchev–Trinajstić information content (AvgIpc) is 3.39. The molecular formula is C22H23F3N8O2. The van der Waals surface area contributed by atoms with E-state index in [2.05, 4.69) is 25.7 Å². The molecule has 0 aliphatic carbocycles. The molecule has 0 saturated carbocycles. The van der Waals surface area contributed by atoms with Crippen LogP contribution >= 0.6 is 0 Å². The molecule has 3 heterocycles. The minimum atomic E-state index is -4.57. The van der Waals surface area contributed by atoms with Crippen LogP contribution in [0.5, 0.6) is 0 Å². The Morgan fingerprint density at radius 3 is 2.40 bits per heavy atom. The van der Waals surface area contributed by atoms with E-state index < -0.39 is 17.8 Å². The number of amides is 3. The first-order chi connectivity index (χ1) is 16.8. The zero-order chi connectivity index (χ0) is 24.8. The molecule has 0 bridgehead atoms. The maximum atomic E-state index is 13.2. The second-order valence-corrected chi connectivity index (χ2v) is 7.73. The number of urea groups is 1. The lowest BCUT2D eigenvalue weighted by molar-refractivity contribution is -0.137. The predicted octanol–water partition coefficient (Wildman–Crippen LogP) is 2.54. The first-order valence-corrected chi connectivity index (χ1v) is 10.9. The van der Waals surface area contributed by atoms with Crippen LogP contribution in [0.1, 0.15) is 12.0 Å². The molecule has 1 aliphatic rings. The molecule has 1 aromatic carbocycles. The van der Waals surface area contributed by atoms with Crippen LogP contribution in [0.2, 0.25) is 0 Å². The lowest BCUT2D eigenvalue weighted by atomic mass is 10.1. The van der Waals surface area contributed by atoms with Gasteiger partial charge >= 0.3 is 12.2 Å². The van der Waals surface area contributed by atoms with Crippen LogP contribution in [0, 0.1) is 0 Å². The topological polar surface area (TPSA) is 108 Å². The molecular weight excluding hydrogens is 465 g/mol. The Labute approximate surface area is 198 Å². The molecule has 0 atom stereocenters. The van der Waals surface area contributed by atoms with Crippen LogP contribution < -0.4 is 15.5 Å². The Morgan fingerprint density at radius 1 is 1.00 bits per heavy atom. The summed E-state index contributed by atoms with van der Waals surface area (Å²) in [6, 6.07) is 5.61. The molecule has 0 radical (unpaired) electrons. The van der Waals surface area contributed by atoms with E-state index >= 15 is 0 Å². The Bertz CT molecular complexity index is 1150. The standard InChI is InChI=1S/C22H23F3N8O2/c23-22(24,25)16-3-4-18(33-10-2-8-29-33)17(15-16)30-21(35)28-9-5-19(34)31-11-13-32(14-12-31)20-26-6-1-7-27-20/h1-4,6-8,10,15H,5,9,11-14H2,(H2,28,30,35). The van der Waals surface area contributed by atoms with Crippen LogP contribution in [-0.2, 0) is 11.0 Å². The number of benzene rings is 1. The van der Waals surface area contributed by atoms with Gasteiger partial charge in [-0.3, -0.25) is 4.79 Å². The Morgan fingerprint density at radius 2 is 1.74 bits per heavy atom. The minimum Gasteiger partial charge on any atom is -0.339 e. The van der Waals surface area contributed by atoms with E-state index in [1.165, 1.54) is 16.9 Å². The number of carbonyl (C=O) groups is 2. The van der Waals surface area contributed by atoms with E-state index in [0.29, 0.717) is 32.1 Å². The molecule has 2 N–H and O–H groups in total. The van der Waals surface area contributed by atoms with Gasteiger partial charge in [0.2, 0.25) is 11.9 Å². The minimum absolute atomic E-state index is 0.0305. The van der Waals surface area contributed by atoms with E-state index in [1.807, 2.05) is 4.90 Å². The van der Waals surface area contributed by atoms with Crippen molar-refractivity contribution in [1.29, 1.82) is 0 Å². The van der Waals surface area contributed by atoms with E-state index in [4.69, 9.17) is 0 Å². The zero-order valence-corrected chi connectivity index (χ0v) is 18.6. The zero-order valence-electron chi connectivity index (χ0n) is 18.6. The van der Waals surface area contributed by atoms with Gasteiger partial charge in [0.15, 0.2) is 0 Å². The SMILES string of the molecule is O=C(NCCC(=O)N1CCN(c2ncccn2)CC1)Nc1cc(C(F)(F)F)ccc1-n1cccn1. The fourth-order valence-electron chi connectivity index (χ4n) is 3.64. The molecule has 3 amide bonds. The van der Waals surface area contributed by atoms with Gasteiger partial charge in [0, 0.05) is 63.9 Å². The maximum Gasteiger partial charge on any atom is 0.416 e. The van der Waals surface area contributed by atoms with E-state index in [9.17, 15) is 22.8 Å². The number of rotatable bonds is 6. The van der Waals surface area contributed by atoms with Crippen molar-refractivity contribution in [3.8, 4) is 5.69 Å². The van der Waals surface area contributed by atoms with Gasteiger partial charge in [-0.25, -0.2) is 19.4 Å². The molecule has 0 unspecified atom stereocenters. The smallest absolute Gasteiger partial charge is 0.339 e. The molecule has 35 heavy (non-hydrogen) atoms. The Kier molecular flexibility index (Phi) is 7.13. The molecule has 2 aromatic heterocycles. The number of hydrogen-bond donors (Lipinski definition) is 2. The number of hydrogen-bond acceptors (Lipinski definition) is 6. The highest BCUT2D eigenvalue weighted by Gasteiger charge is 2.31. The Balaban J connectivity index is 1.29. The summed E-state index contributed by atoms with van der Waals surface area (Å²) >= 11 is 0. The molecule has 1 saturated heterocycles. The van der Waals surface area contributed by atoms with Gasteiger partial charge in [-0.05, 0) is 30.3 Å². The Hall–Kier alpha value is -4.16. The molecule has 3 aromatic rings. The predicted molar refractivity (Wildman–Crippen MR) is 121 cm³/mol. The highest BCUT2D eigenvalue weighted by atomic mass is 19.4. The van der Waals surface area contributed by atoms with Crippen molar-refractivity contribution in [2.45, 2.75) is 12.6 Å². The van der Waals surface area contributed by atoms with Crippen molar-refractivity contribution >= 4 is 23.6 Å². The summed E-state index contributed by atoms with van der Waals surface area (Å²) in [5.41, 5.74) is -0.694. The van der Waals surface area contributed by atoms with E-state index in [-0.39, 0.29) is 30.2 Å². The molecule has 184 valence electrons. The van der Waals surface area contributed by atoms with Crippen molar-refractivity contribution in [1.82, 2.24) is 30.0 Å². The van der Waals surface area contributed by atoms with Gasteiger partial charge in [0.05, 0.1) is 16.9 Å². The molecule has 0 spiro atoms. The van der Waals surface area contributed by atoms with Gasteiger partial charge in [-0.2, -0.15) is 18.3 Å². The second kappa shape index (κ2) is 10.4. The summed E-state index contributed by atoms with van der Waals surface area (Å²) < 4.78 is 40.8. The van der Waals surface area contributed by atoms with Gasteiger partial charge in [-0.1, -0.05) is 0 Å². The lowest BCUT2D eigenvalue weighted by Crippen LogP contribution is -2.49. The van der Waals surface area contributed by atoms with Crippen molar-refractivity contribution in [3.63, 3.8) is 0 Å². The molecule has 4 rings (SSSR count). The van der Waals surface area contributed by atoms with Gasteiger partial charge < -0.3 is 20.4 Å². The van der Waals surface area contributed by atoms with Crippen molar-refractivity contribution in [3.05, 3.63) is 60.7 Å². The fourth-order valence-corrected chi connectivity index (χ4v) is 3.64. The highest BCUT2D eigenvalue weighted by Crippen LogP contribution is 2.33. The molecule has 1 aliphatic heterocycles. The first kappa shape index (κ1) is 24.0. The van der Waals surface area contributed by atoms with Crippen LogP contribution in [0.15, 0.2) is 55.1 Å².